The maximum Gasteiger partial charge on any atom is 0.220 e. The van der Waals surface area contributed by atoms with Crippen molar-refractivity contribution in [3.8, 4) is 0 Å². The molecule has 0 spiro atoms. The maximum absolute atomic E-state index is 12.2. The van der Waals surface area contributed by atoms with Gasteiger partial charge in [0.05, 0.1) is 13.2 Å². The molecule has 1 saturated carbocycles. The van der Waals surface area contributed by atoms with E-state index in [-0.39, 0.29) is 11.4 Å². The van der Waals surface area contributed by atoms with Gasteiger partial charge in [-0.05, 0) is 26.7 Å². The Balaban J connectivity index is 1.40. The van der Waals surface area contributed by atoms with Crippen molar-refractivity contribution in [2.75, 3.05) is 32.8 Å². The van der Waals surface area contributed by atoms with Gasteiger partial charge < -0.3 is 14.5 Å². The summed E-state index contributed by atoms with van der Waals surface area (Å²) in [7, 11) is 0. The molecular formula is C19H32N4O3. The van der Waals surface area contributed by atoms with Crippen LogP contribution in [0.25, 0.3) is 0 Å². The molecular weight excluding hydrogens is 332 g/mol. The van der Waals surface area contributed by atoms with E-state index in [0.717, 1.165) is 45.0 Å². The van der Waals surface area contributed by atoms with Crippen LogP contribution in [0.2, 0.25) is 0 Å². The van der Waals surface area contributed by atoms with Gasteiger partial charge in [0.15, 0.2) is 0 Å². The Bertz CT molecular complexity index is 575. The SMILES string of the molecule is CC(C)(CNC(=O)CCc1nnc(C2CCCCC2)o1)N1CCOCC1. The van der Waals surface area contributed by atoms with E-state index in [1.165, 1.54) is 19.3 Å². The van der Waals surface area contributed by atoms with Gasteiger partial charge in [-0.2, -0.15) is 0 Å². The Hall–Kier alpha value is -1.47. The lowest BCUT2D eigenvalue weighted by Crippen LogP contribution is -2.55. The fourth-order valence-electron chi connectivity index (χ4n) is 3.79. The zero-order valence-electron chi connectivity index (χ0n) is 16.1. The monoisotopic (exact) mass is 364 g/mol. The van der Waals surface area contributed by atoms with E-state index in [2.05, 4.69) is 34.3 Å². The maximum atomic E-state index is 12.2. The zero-order valence-corrected chi connectivity index (χ0v) is 16.1. The molecule has 1 aliphatic carbocycles. The highest BCUT2D eigenvalue weighted by Gasteiger charge is 2.28. The molecule has 0 bridgehead atoms. The van der Waals surface area contributed by atoms with E-state index < -0.39 is 0 Å². The van der Waals surface area contributed by atoms with Crippen LogP contribution in [-0.2, 0) is 16.0 Å². The average Bonchev–Trinajstić information content (AvgIpc) is 3.15. The number of nitrogens with zero attached hydrogens (tertiary/aromatic N) is 3. The fourth-order valence-corrected chi connectivity index (χ4v) is 3.79. The molecule has 1 amide bonds. The lowest BCUT2D eigenvalue weighted by molar-refractivity contribution is -0.121. The summed E-state index contributed by atoms with van der Waals surface area (Å²) in [5, 5.41) is 11.4. The normalized spacial score (nSPS) is 20.2. The van der Waals surface area contributed by atoms with Crippen LogP contribution in [0.15, 0.2) is 4.42 Å². The predicted molar refractivity (Wildman–Crippen MR) is 97.9 cm³/mol. The molecule has 2 aliphatic rings. The predicted octanol–water partition coefficient (Wildman–Crippen LogP) is 2.28. The third-order valence-electron chi connectivity index (χ3n) is 5.59. The van der Waals surface area contributed by atoms with Crippen molar-refractivity contribution in [1.29, 1.82) is 0 Å². The van der Waals surface area contributed by atoms with Crippen LogP contribution in [-0.4, -0.2) is 59.4 Å². The molecule has 1 aliphatic heterocycles. The molecule has 2 fully saturated rings. The molecule has 26 heavy (non-hydrogen) atoms. The van der Waals surface area contributed by atoms with Crippen molar-refractivity contribution in [2.45, 2.75) is 70.3 Å². The van der Waals surface area contributed by atoms with Crippen molar-refractivity contribution in [3.63, 3.8) is 0 Å². The van der Waals surface area contributed by atoms with Gasteiger partial charge >= 0.3 is 0 Å². The van der Waals surface area contributed by atoms with Crippen molar-refractivity contribution in [1.82, 2.24) is 20.4 Å². The minimum atomic E-state index is -0.0714. The number of amides is 1. The van der Waals surface area contributed by atoms with Crippen molar-refractivity contribution >= 4 is 5.91 Å². The fraction of sp³-hybridized carbons (Fsp3) is 0.842. The largest absolute Gasteiger partial charge is 0.425 e. The van der Waals surface area contributed by atoms with Gasteiger partial charge in [0.2, 0.25) is 17.7 Å². The van der Waals surface area contributed by atoms with Crippen molar-refractivity contribution in [2.24, 2.45) is 0 Å². The van der Waals surface area contributed by atoms with E-state index in [1.54, 1.807) is 0 Å². The van der Waals surface area contributed by atoms with Gasteiger partial charge in [-0.3, -0.25) is 9.69 Å². The number of hydrogen-bond donors (Lipinski definition) is 1. The summed E-state index contributed by atoms with van der Waals surface area (Å²) < 4.78 is 11.2. The molecule has 0 aromatic carbocycles. The van der Waals surface area contributed by atoms with E-state index >= 15 is 0 Å². The Morgan fingerprint density at radius 1 is 1.19 bits per heavy atom. The van der Waals surface area contributed by atoms with Crippen LogP contribution < -0.4 is 5.32 Å². The molecule has 146 valence electrons. The Kier molecular flexibility index (Phi) is 6.64. The van der Waals surface area contributed by atoms with Crippen molar-refractivity contribution < 1.29 is 13.9 Å². The Labute approximate surface area is 155 Å². The summed E-state index contributed by atoms with van der Waals surface area (Å²) in [6, 6.07) is 0. The summed E-state index contributed by atoms with van der Waals surface area (Å²) in [6.45, 7) is 8.29. The number of hydrogen-bond acceptors (Lipinski definition) is 6. The van der Waals surface area contributed by atoms with Crippen LogP contribution in [0.4, 0.5) is 0 Å². The summed E-state index contributed by atoms with van der Waals surface area (Å²) in [6.07, 6.45) is 6.94. The van der Waals surface area contributed by atoms with Crippen LogP contribution in [0, 0.1) is 0 Å². The van der Waals surface area contributed by atoms with Gasteiger partial charge in [-0.25, -0.2) is 0 Å². The van der Waals surface area contributed by atoms with Crippen LogP contribution in [0.1, 0.15) is 70.1 Å². The second-order valence-corrected chi connectivity index (χ2v) is 8.06. The molecule has 1 aromatic rings. The molecule has 3 rings (SSSR count). The summed E-state index contributed by atoms with van der Waals surface area (Å²) in [4.78, 5) is 14.6. The molecule has 2 heterocycles. The number of rotatable bonds is 7. The second-order valence-electron chi connectivity index (χ2n) is 8.06. The number of carbonyl (C=O) groups excluding carboxylic acids is 1. The first-order valence-electron chi connectivity index (χ1n) is 9.96. The number of carbonyl (C=O) groups is 1. The zero-order chi connectivity index (χ0) is 18.4. The number of aryl methyl sites for hydroxylation is 1. The Morgan fingerprint density at radius 3 is 2.65 bits per heavy atom. The summed E-state index contributed by atoms with van der Waals surface area (Å²) in [5.41, 5.74) is -0.0714. The molecule has 0 unspecified atom stereocenters. The van der Waals surface area contributed by atoms with E-state index in [9.17, 15) is 4.79 Å². The number of aromatic nitrogens is 2. The topological polar surface area (TPSA) is 80.5 Å². The van der Waals surface area contributed by atoms with Crippen molar-refractivity contribution in [3.05, 3.63) is 11.8 Å². The molecule has 0 radical (unpaired) electrons. The van der Waals surface area contributed by atoms with E-state index in [0.29, 0.717) is 31.2 Å². The van der Waals surface area contributed by atoms with Crippen LogP contribution in [0.5, 0.6) is 0 Å². The van der Waals surface area contributed by atoms with Gasteiger partial charge in [0.1, 0.15) is 0 Å². The minimum absolute atomic E-state index is 0.0313. The van der Waals surface area contributed by atoms with E-state index in [4.69, 9.17) is 9.15 Å². The number of morpholine rings is 1. The van der Waals surface area contributed by atoms with Gasteiger partial charge in [-0.1, -0.05) is 19.3 Å². The summed E-state index contributed by atoms with van der Waals surface area (Å²) in [5.74, 6) is 1.78. The molecule has 7 nitrogen and oxygen atoms in total. The van der Waals surface area contributed by atoms with Crippen LogP contribution >= 0.6 is 0 Å². The second kappa shape index (κ2) is 8.95. The molecule has 1 N–H and O–H groups in total. The standard InChI is InChI=1S/C19H32N4O3/c1-19(2,23-10-12-25-13-11-23)14-20-16(24)8-9-17-21-22-18(26-17)15-6-4-3-5-7-15/h15H,3-14H2,1-2H3,(H,20,24). The van der Waals surface area contributed by atoms with Crippen LogP contribution in [0.3, 0.4) is 0 Å². The van der Waals surface area contributed by atoms with E-state index in [1.807, 2.05) is 0 Å². The lowest BCUT2D eigenvalue weighted by atomic mass is 9.89. The number of nitrogens with one attached hydrogen (secondary N) is 1. The highest BCUT2D eigenvalue weighted by molar-refractivity contribution is 5.76. The lowest BCUT2D eigenvalue weighted by Gasteiger charge is -2.40. The molecule has 1 saturated heterocycles. The van der Waals surface area contributed by atoms with Gasteiger partial charge in [0, 0.05) is 43.9 Å². The summed E-state index contributed by atoms with van der Waals surface area (Å²) >= 11 is 0. The smallest absolute Gasteiger partial charge is 0.220 e. The third-order valence-corrected chi connectivity index (χ3v) is 5.59. The first-order valence-corrected chi connectivity index (χ1v) is 9.96. The first-order chi connectivity index (χ1) is 12.5. The Morgan fingerprint density at radius 2 is 1.92 bits per heavy atom. The minimum Gasteiger partial charge on any atom is -0.425 e. The highest BCUT2D eigenvalue weighted by Crippen LogP contribution is 2.31. The third kappa shape index (κ3) is 5.27. The highest BCUT2D eigenvalue weighted by atomic mass is 16.5. The first kappa shape index (κ1) is 19.3. The molecule has 1 aromatic heterocycles. The number of ether oxygens (including phenoxy) is 1. The van der Waals surface area contributed by atoms with Gasteiger partial charge in [0.25, 0.3) is 0 Å². The van der Waals surface area contributed by atoms with Gasteiger partial charge in [-0.15, -0.1) is 10.2 Å². The molecule has 0 atom stereocenters. The average molecular weight is 364 g/mol. The molecule has 7 heteroatoms. The quantitative estimate of drug-likeness (QED) is 0.799.